The van der Waals surface area contributed by atoms with Gasteiger partial charge in [0, 0.05) is 37.2 Å². The number of nitrogens with one attached hydrogen (secondary N) is 1. The zero-order valence-corrected chi connectivity index (χ0v) is 30.0. The normalized spacial score (nSPS) is 22.9. The summed E-state index contributed by atoms with van der Waals surface area (Å²) in [5.41, 5.74) is 8.55. The lowest BCUT2D eigenvalue weighted by Crippen LogP contribution is -2.59. The Morgan fingerprint density at radius 2 is 1.90 bits per heavy atom. The molecule has 2 aromatic rings. The van der Waals surface area contributed by atoms with E-state index in [9.17, 15) is 9.59 Å². The lowest BCUT2D eigenvalue weighted by atomic mass is 9.78. The third-order valence-corrected chi connectivity index (χ3v) is 9.21. The minimum Gasteiger partial charge on any atom is -0.488 e. The van der Waals surface area contributed by atoms with Crippen LogP contribution in [-0.4, -0.2) is 67.2 Å². The number of ether oxygens (including phenoxy) is 3. The van der Waals surface area contributed by atoms with E-state index in [4.69, 9.17) is 19.0 Å². The predicted molar refractivity (Wildman–Crippen MR) is 189 cm³/mol. The first-order valence-corrected chi connectivity index (χ1v) is 17.0. The van der Waals surface area contributed by atoms with Crippen molar-refractivity contribution in [3.05, 3.63) is 64.7 Å². The molecule has 6 bridgehead atoms. The van der Waals surface area contributed by atoms with E-state index >= 15 is 0 Å². The van der Waals surface area contributed by atoms with Gasteiger partial charge in [0.2, 0.25) is 12.3 Å². The molecule has 10 heteroatoms. The van der Waals surface area contributed by atoms with Crippen molar-refractivity contribution >= 4 is 25.1 Å². The number of amides is 3. The van der Waals surface area contributed by atoms with E-state index in [2.05, 4.69) is 90.9 Å². The van der Waals surface area contributed by atoms with Crippen molar-refractivity contribution in [3.8, 4) is 5.75 Å². The second-order valence-electron chi connectivity index (χ2n) is 14.4. The van der Waals surface area contributed by atoms with Gasteiger partial charge < -0.3 is 24.8 Å². The van der Waals surface area contributed by atoms with Crippen LogP contribution in [0.3, 0.4) is 0 Å². The topological polar surface area (TPSA) is 133 Å². The zero-order valence-electron chi connectivity index (χ0n) is 30.0. The molecule has 0 aliphatic carbocycles. The zero-order chi connectivity index (χ0) is 35.5. The minimum absolute atomic E-state index is 0.00804. The number of rotatable bonds is 4. The van der Waals surface area contributed by atoms with E-state index in [1.54, 1.807) is 27.9 Å². The fourth-order valence-corrected chi connectivity index (χ4v) is 6.84. The Morgan fingerprint density at radius 1 is 1.19 bits per heavy atom. The van der Waals surface area contributed by atoms with Gasteiger partial charge in [-0.15, -0.1) is 0 Å². The van der Waals surface area contributed by atoms with Crippen molar-refractivity contribution in [2.75, 3.05) is 20.4 Å². The van der Waals surface area contributed by atoms with Crippen LogP contribution < -0.4 is 15.8 Å². The molecule has 3 N–H and O–H groups in total. The molecule has 10 nitrogen and oxygen atoms in total. The fraction of sp³-hybridized carbons (Fsp3) is 0.579. The first-order chi connectivity index (χ1) is 22.7. The number of fused-ring (bicyclic) bond motifs is 5. The molecule has 1 fully saturated rings. The van der Waals surface area contributed by atoms with Gasteiger partial charge in [-0.05, 0) is 103 Å². The van der Waals surface area contributed by atoms with Crippen LogP contribution in [0, 0.1) is 0 Å². The summed E-state index contributed by atoms with van der Waals surface area (Å²) in [6.45, 7) is 16.1. The Morgan fingerprint density at radius 3 is 2.50 bits per heavy atom. The van der Waals surface area contributed by atoms with Crippen LogP contribution in [0.25, 0.3) is 0 Å². The third-order valence-electron chi connectivity index (χ3n) is 9.21. The van der Waals surface area contributed by atoms with Crippen LogP contribution in [0.15, 0.2) is 47.5 Å². The molecule has 1 saturated heterocycles. The number of aliphatic imine (C=N–C) groups is 1. The van der Waals surface area contributed by atoms with Gasteiger partial charge in [0.1, 0.15) is 17.0 Å². The van der Waals surface area contributed by atoms with E-state index in [0.717, 1.165) is 50.7 Å². The molecule has 0 radical (unpaired) electrons. The summed E-state index contributed by atoms with van der Waals surface area (Å²) in [4.78, 5) is 37.7. The average Bonchev–Trinajstić information content (AvgIpc) is 3.03. The van der Waals surface area contributed by atoms with Crippen LogP contribution in [0.4, 0.5) is 4.79 Å². The molecule has 4 heterocycles. The first kappa shape index (κ1) is 38.7. The second-order valence-corrected chi connectivity index (χ2v) is 14.4. The molecular weight excluding hydrogens is 608 g/mol. The number of hydrogen-bond acceptors (Lipinski definition) is 7. The molecule has 0 spiro atoms. The highest BCUT2D eigenvalue weighted by atomic mass is 16.6. The molecule has 0 saturated carbocycles. The first-order valence-electron chi connectivity index (χ1n) is 17.0. The number of carbonyl (C=O) groups is 3. The van der Waals surface area contributed by atoms with Crippen molar-refractivity contribution in [3.63, 3.8) is 0 Å². The summed E-state index contributed by atoms with van der Waals surface area (Å²) in [5, 5.41) is 3.81. The largest absolute Gasteiger partial charge is 0.488 e. The van der Waals surface area contributed by atoms with Gasteiger partial charge in [-0.25, -0.2) is 4.79 Å². The molecule has 2 aromatic carbocycles. The van der Waals surface area contributed by atoms with Crippen LogP contribution in [0.1, 0.15) is 121 Å². The summed E-state index contributed by atoms with van der Waals surface area (Å²) in [7, 11) is 1.74. The minimum atomic E-state index is -0.623. The molecule has 264 valence electrons. The molecule has 3 amide bonds. The number of nitrogens with zero attached hydrogens (tertiary/aromatic N) is 2. The van der Waals surface area contributed by atoms with Gasteiger partial charge in [-0.2, -0.15) is 4.99 Å². The monoisotopic (exact) mass is 664 g/mol. The lowest BCUT2D eigenvalue weighted by Gasteiger charge is -2.45. The van der Waals surface area contributed by atoms with Crippen molar-refractivity contribution < 1.29 is 28.6 Å². The maximum absolute atomic E-state index is 13.6. The fourth-order valence-electron chi connectivity index (χ4n) is 6.84. The Balaban J connectivity index is 0.000000448. The second kappa shape index (κ2) is 17.1. The number of methoxy groups -OCH3 is 1. The van der Waals surface area contributed by atoms with Crippen LogP contribution >= 0.6 is 0 Å². The molecule has 2 unspecified atom stereocenters. The summed E-state index contributed by atoms with van der Waals surface area (Å²) < 4.78 is 16.6. The highest BCUT2D eigenvalue weighted by Crippen LogP contribution is 2.45. The summed E-state index contributed by atoms with van der Waals surface area (Å²) >= 11 is 0. The molecule has 3 atom stereocenters. The standard InChI is InChI=1S/C31H42N2O3.C6H11NO2.CH3NO/c1-5-31-15-7-6-9-22-12-13-28-25(17-22)26(19-30(2,3)36-28)23-10-8-11-24(18-23)27(14-16-35-4)33(21-32-31)29(34)20-31;1-6(2,3)9-5(8)7-4;2-1-3/h8,10-13,17-18,26-27,32H,5-7,9,14-16,19-21H2,1-4H3;4H2,1-3H3;1H,(H2,2,3)/t26?,27-,31?;;/m1../s1. The van der Waals surface area contributed by atoms with E-state index in [-0.39, 0.29) is 35.4 Å². The van der Waals surface area contributed by atoms with Gasteiger partial charge in [0.05, 0.1) is 12.7 Å². The Kier molecular flexibility index (Phi) is 13.8. The summed E-state index contributed by atoms with van der Waals surface area (Å²) in [6, 6.07) is 15.8. The third kappa shape index (κ3) is 10.6. The number of primary amides is 1. The van der Waals surface area contributed by atoms with Crippen molar-refractivity contribution in [1.82, 2.24) is 10.2 Å². The quantitative estimate of drug-likeness (QED) is 0.270. The van der Waals surface area contributed by atoms with Gasteiger partial charge in [0.25, 0.3) is 0 Å². The van der Waals surface area contributed by atoms with Gasteiger partial charge in [-0.1, -0.05) is 49.7 Å². The van der Waals surface area contributed by atoms with Gasteiger partial charge >= 0.3 is 6.09 Å². The Hall–Kier alpha value is -3.76. The number of carbonyl (C=O) groups excluding carboxylic acids is 3. The van der Waals surface area contributed by atoms with E-state index in [1.807, 2.05) is 0 Å². The SMILES string of the molecule is C=NC(=O)OC(C)(C)C.CCC12CCCCc3ccc4c(c3)C(CC(C)(C)O4)c3cccc(c3)[C@@H](CCOC)N(CN1)C(=O)C2.NC=O. The number of hydrogen-bond donors (Lipinski definition) is 2. The van der Waals surface area contributed by atoms with Crippen molar-refractivity contribution in [1.29, 1.82) is 0 Å². The summed E-state index contributed by atoms with van der Waals surface area (Å²) in [6.07, 6.45) is 7.22. The highest BCUT2D eigenvalue weighted by molar-refractivity contribution is 5.79. The average molecular weight is 665 g/mol. The molecule has 4 aliphatic rings. The van der Waals surface area contributed by atoms with Crippen molar-refractivity contribution in [2.24, 2.45) is 10.7 Å². The van der Waals surface area contributed by atoms with E-state index in [1.165, 1.54) is 22.3 Å². The van der Waals surface area contributed by atoms with Crippen LogP contribution in [0.5, 0.6) is 5.75 Å². The maximum Gasteiger partial charge on any atom is 0.433 e. The molecule has 6 rings (SSSR count). The molecule has 0 aromatic heterocycles. The Labute approximate surface area is 286 Å². The van der Waals surface area contributed by atoms with E-state index < -0.39 is 11.7 Å². The molecule has 4 aliphatic heterocycles. The van der Waals surface area contributed by atoms with Crippen LogP contribution in [-0.2, 0) is 25.5 Å². The lowest BCUT2D eigenvalue weighted by molar-refractivity contribution is -0.141. The van der Waals surface area contributed by atoms with Gasteiger partial charge in [-0.3, -0.25) is 14.9 Å². The van der Waals surface area contributed by atoms with Crippen molar-refractivity contribution in [2.45, 2.75) is 122 Å². The van der Waals surface area contributed by atoms with Crippen LogP contribution in [0.2, 0.25) is 0 Å². The number of aryl methyl sites for hydroxylation is 1. The molecule has 48 heavy (non-hydrogen) atoms. The number of benzene rings is 2. The number of nitrogens with two attached hydrogens (primary N) is 1. The predicted octanol–water partition coefficient (Wildman–Crippen LogP) is 6.84. The Bertz CT molecular complexity index is 1400. The summed E-state index contributed by atoms with van der Waals surface area (Å²) in [5.74, 6) is 1.53. The molecular formula is C38H56N4O6. The van der Waals surface area contributed by atoms with Gasteiger partial charge in [0.15, 0.2) is 0 Å². The maximum atomic E-state index is 13.6. The highest BCUT2D eigenvalue weighted by Gasteiger charge is 2.40. The smallest absolute Gasteiger partial charge is 0.433 e. The van der Waals surface area contributed by atoms with E-state index in [0.29, 0.717) is 19.7 Å².